The average molecular weight is 233 g/mol. The van der Waals surface area contributed by atoms with Crippen LogP contribution in [-0.4, -0.2) is 28.4 Å². The molecule has 92 valence electrons. The van der Waals surface area contributed by atoms with Crippen LogP contribution in [0.3, 0.4) is 0 Å². The molecule has 0 spiro atoms. The Hall–Kier alpha value is -1.58. The van der Waals surface area contributed by atoms with Gasteiger partial charge in [-0.1, -0.05) is 12.8 Å². The maximum absolute atomic E-state index is 12.3. The zero-order chi connectivity index (χ0) is 12.3. The van der Waals surface area contributed by atoms with Gasteiger partial charge in [0.15, 0.2) is 0 Å². The summed E-state index contributed by atoms with van der Waals surface area (Å²) in [7, 11) is 0. The predicted octanol–water partition coefficient (Wildman–Crippen LogP) is 2.07. The van der Waals surface area contributed by atoms with Crippen molar-refractivity contribution in [1.29, 1.82) is 0 Å². The highest BCUT2D eigenvalue weighted by molar-refractivity contribution is 5.94. The van der Waals surface area contributed by atoms with Crippen molar-refractivity contribution < 1.29 is 4.79 Å². The summed E-state index contributed by atoms with van der Waals surface area (Å²) in [6, 6.07) is 3.75. The van der Waals surface area contributed by atoms with E-state index in [1.807, 2.05) is 4.90 Å². The zero-order valence-corrected chi connectivity index (χ0v) is 10.2. The molecule has 1 aliphatic rings. The number of amides is 1. The third-order valence-electron chi connectivity index (χ3n) is 3.35. The fourth-order valence-corrected chi connectivity index (χ4v) is 2.27. The van der Waals surface area contributed by atoms with Gasteiger partial charge in [0.05, 0.1) is 5.56 Å². The summed E-state index contributed by atoms with van der Waals surface area (Å²) in [5.74, 6) is 0.525. The van der Waals surface area contributed by atoms with E-state index in [2.05, 4.69) is 11.9 Å². The molecule has 4 nitrogen and oxygen atoms in total. The Labute approximate surface area is 102 Å². The molecule has 1 aromatic heterocycles. The van der Waals surface area contributed by atoms with Gasteiger partial charge in [-0.25, -0.2) is 4.98 Å². The van der Waals surface area contributed by atoms with Gasteiger partial charge < -0.3 is 10.6 Å². The van der Waals surface area contributed by atoms with E-state index in [1.165, 1.54) is 12.8 Å². The molecule has 1 unspecified atom stereocenters. The lowest BCUT2D eigenvalue weighted by Crippen LogP contribution is -2.38. The van der Waals surface area contributed by atoms with Gasteiger partial charge in [0.1, 0.15) is 5.82 Å². The van der Waals surface area contributed by atoms with Crippen molar-refractivity contribution in [3.8, 4) is 0 Å². The molecule has 1 amide bonds. The molecular weight excluding hydrogens is 214 g/mol. The Morgan fingerprint density at radius 3 is 2.94 bits per heavy atom. The molecule has 2 N–H and O–H groups in total. The lowest BCUT2D eigenvalue weighted by atomic mass is 10.1. The van der Waals surface area contributed by atoms with Crippen LogP contribution < -0.4 is 5.73 Å². The highest BCUT2D eigenvalue weighted by atomic mass is 16.2. The smallest absolute Gasteiger partial charge is 0.255 e. The van der Waals surface area contributed by atoms with Gasteiger partial charge in [0.25, 0.3) is 5.91 Å². The number of nitrogen functional groups attached to an aromatic ring is 1. The van der Waals surface area contributed by atoms with Crippen LogP contribution >= 0.6 is 0 Å². The molecule has 0 radical (unpaired) electrons. The predicted molar refractivity (Wildman–Crippen MR) is 67.6 cm³/mol. The number of hydrogen-bond donors (Lipinski definition) is 1. The van der Waals surface area contributed by atoms with E-state index in [0.29, 0.717) is 17.4 Å². The minimum absolute atomic E-state index is 0.0758. The fraction of sp³-hybridized carbons (Fsp3) is 0.538. The van der Waals surface area contributed by atoms with E-state index in [0.717, 1.165) is 19.4 Å². The quantitative estimate of drug-likeness (QED) is 0.807. The van der Waals surface area contributed by atoms with Crippen LogP contribution in [0.4, 0.5) is 5.82 Å². The summed E-state index contributed by atoms with van der Waals surface area (Å²) in [4.78, 5) is 18.3. The van der Waals surface area contributed by atoms with E-state index in [9.17, 15) is 4.79 Å². The third kappa shape index (κ3) is 2.75. The standard InChI is InChI=1S/C13H19N3O/c1-10-5-3-2-4-8-16(10)13(17)11-6-7-12(14)15-9-11/h6-7,9-10H,2-5,8H2,1H3,(H2,14,15). The van der Waals surface area contributed by atoms with Crippen molar-refractivity contribution in [2.24, 2.45) is 0 Å². The number of nitrogens with zero attached hydrogens (tertiary/aromatic N) is 2. The maximum atomic E-state index is 12.3. The van der Waals surface area contributed by atoms with Crippen LogP contribution in [0.25, 0.3) is 0 Å². The highest BCUT2D eigenvalue weighted by Crippen LogP contribution is 2.18. The van der Waals surface area contributed by atoms with Gasteiger partial charge in [-0.15, -0.1) is 0 Å². The highest BCUT2D eigenvalue weighted by Gasteiger charge is 2.22. The second kappa shape index (κ2) is 5.17. The molecule has 1 aromatic rings. The number of hydrogen-bond acceptors (Lipinski definition) is 3. The normalized spacial score (nSPS) is 21.0. The molecule has 0 bridgehead atoms. The summed E-state index contributed by atoms with van der Waals surface area (Å²) in [5.41, 5.74) is 6.15. The Bertz CT molecular complexity index is 388. The van der Waals surface area contributed by atoms with E-state index >= 15 is 0 Å². The second-order valence-electron chi connectivity index (χ2n) is 4.67. The molecular formula is C13H19N3O. The second-order valence-corrected chi connectivity index (χ2v) is 4.67. The molecule has 2 rings (SSSR count). The van der Waals surface area contributed by atoms with Gasteiger partial charge in [-0.2, -0.15) is 0 Å². The number of pyridine rings is 1. The van der Waals surface area contributed by atoms with Gasteiger partial charge in [-0.05, 0) is 31.9 Å². The first-order valence-electron chi connectivity index (χ1n) is 6.21. The van der Waals surface area contributed by atoms with E-state index in [4.69, 9.17) is 5.73 Å². The van der Waals surface area contributed by atoms with E-state index in [-0.39, 0.29) is 5.91 Å². The van der Waals surface area contributed by atoms with Crippen LogP contribution in [0.5, 0.6) is 0 Å². The van der Waals surface area contributed by atoms with E-state index in [1.54, 1.807) is 18.3 Å². The number of carbonyl (C=O) groups excluding carboxylic acids is 1. The number of carbonyl (C=O) groups is 1. The van der Waals surface area contributed by atoms with Crippen molar-refractivity contribution in [3.05, 3.63) is 23.9 Å². The summed E-state index contributed by atoms with van der Waals surface area (Å²) in [6.45, 7) is 2.97. The van der Waals surface area contributed by atoms with Gasteiger partial charge >= 0.3 is 0 Å². The Morgan fingerprint density at radius 2 is 2.24 bits per heavy atom. The van der Waals surface area contributed by atoms with Crippen molar-refractivity contribution in [1.82, 2.24) is 9.88 Å². The molecule has 1 fully saturated rings. The molecule has 17 heavy (non-hydrogen) atoms. The minimum atomic E-state index is 0.0758. The number of likely N-dealkylation sites (tertiary alicyclic amines) is 1. The zero-order valence-electron chi connectivity index (χ0n) is 10.2. The first-order chi connectivity index (χ1) is 8.18. The van der Waals surface area contributed by atoms with E-state index < -0.39 is 0 Å². The molecule has 1 saturated heterocycles. The Morgan fingerprint density at radius 1 is 1.41 bits per heavy atom. The molecule has 2 heterocycles. The summed E-state index contributed by atoms with van der Waals surface area (Å²) >= 11 is 0. The summed E-state index contributed by atoms with van der Waals surface area (Å²) in [6.07, 6.45) is 6.18. The minimum Gasteiger partial charge on any atom is -0.384 e. The van der Waals surface area contributed by atoms with Gasteiger partial charge in [0.2, 0.25) is 0 Å². The van der Waals surface area contributed by atoms with Crippen molar-refractivity contribution in [3.63, 3.8) is 0 Å². The largest absolute Gasteiger partial charge is 0.384 e. The van der Waals surface area contributed by atoms with Crippen LogP contribution in [0.2, 0.25) is 0 Å². The Kier molecular flexibility index (Phi) is 3.61. The number of anilines is 1. The SMILES string of the molecule is CC1CCCCCN1C(=O)c1ccc(N)nc1. The molecule has 1 atom stereocenters. The topological polar surface area (TPSA) is 59.2 Å². The van der Waals surface area contributed by atoms with Crippen LogP contribution in [0.15, 0.2) is 18.3 Å². The molecule has 4 heteroatoms. The number of nitrogens with two attached hydrogens (primary N) is 1. The first kappa shape index (κ1) is 11.9. The maximum Gasteiger partial charge on any atom is 0.255 e. The first-order valence-corrected chi connectivity index (χ1v) is 6.21. The number of aromatic nitrogens is 1. The summed E-state index contributed by atoms with van der Waals surface area (Å²) < 4.78 is 0. The summed E-state index contributed by atoms with van der Waals surface area (Å²) in [5, 5.41) is 0. The average Bonchev–Trinajstić information content (AvgIpc) is 2.54. The van der Waals surface area contributed by atoms with Gasteiger partial charge in [-0.3, -0.25) is 4.79 Å². The Balaban J connectivity index is 2.15. The third-order valence-corrected chi connectivity index (χ3v) is 3.35. The molecule has 0 aromatic carbocycles. The van der Waals surface area contributed by atoms with Crippen molar-refractivity contribution in [2.45, 2.75) is 38.6 Å². The molecule has 0 saturated carbocycles. The number of rotatable bonds is 1. The monoisotopic (exact) mass is 233 g/mol. The van der Waals surface area contributed by atoms with Crippen LogP contribution in [0.1, 0.15) is 43.0 Å². The van der Waals surface area contributed by atoms with Crippen molar-refractivity contribution in [2.75, 3.05) is 12.3 Å². The molecule has 0 aliphatic carbocycles. The van der Waals surface area contributed by atoms with Crippen molar-refractivity contribution >= 4 is 11.7 Å². The fourth-order valence-electron chi connectivity index (χ4n) is 2.27. The lowest BCUT2D eigenvalue weighted by Gasteiger charge is -2.27. The molecule has 1 aliphatic heterocycles. The van der Waals surface area contributed by atoms with Crippen LogP contribution in [0, 0.1) is 0 Å². The lowest BCUT2D eigenvalue weighted by molar-refractivity contribution is 0.0697. The van der Waals surface area contributed by atoms with Gasteiger partial charge in [0, 0.05) is 18.8 Å². The van der Waals surface area contributed by atoms with Crippen LogP contribution in [-0.2, 0) is 0 Å².